The first-order valence-electron chi connectivity index (χ1n) is 7.38. The Hall–Kier alpha value is -1.66. The zero-order valence-corrected chi connectivity index (χ0v) is 15.3. The Morgan fingerprint density at radius 3 is 2.22 bits per heavy atom. The summed E-state index contributed by atoms with van der Waals surface area (Å²) in [6.45, 7) is 6.01. The van der Waals surface area contributed by atoms with E-state index in [1.807, 2.05) is 18.4 Å². The molecule has 1 amide bonds. The van der Waals surface area contributed by atoms with Crippen molar-refractivity contribution < 1.29 is 13.2 Å². The van der Waals surface area contributed by atoms with Gasteiger partial charge < -0.3 is 5.32 Å². The Bertz CT molecular complexity index is 790. The lowest BCUT2D eigenvalue weighted by Crippen LogP contribution is -2.26. The number of sulfone groups is 1. The van der Waals surface area contributed by atoms with E-state index in [2.05, 4.69) is 19.2 Å². The normalized spacial score (nSPS) is 13.1. The molecular weight excluding hydrogens is 330 g/mol. The Morgan fingerprint density at radius 1 is 1.09 bits per heavy atom. The van der Waals surface area contributed by atoms with Crippen LogP contribution in [0.1, 0.15) is 53.5 Å². The molecule has 0 radical (unpaired) electrons. The fourth-order valence-corrected chi connectivity index (χ4v) is 3.89. The molecule has 0 fully saturated rings. The zero-order valence-electron chi connectivity index (χ0n) is 13.7. The molecule has 0 spiro atoms. The van der Waals surface area contributed by atoms with E-state index >= 15 is 0 Å². The predicted molar refractivity (Wildman–Crippen MR) is 93.8 cm³/mol. The van der Waals surface area contributed by atoms with Crippen molar-refractivity contribution in [1.29, 1.82) is 0 Å². The lowest BCUT2D eigenvalue weighted by molar-refractivity contribution is 0.0943. The Kier molecular flexibility index (Phi) is 5.26. The van der Waals surface area contributed by atoms with Crippen molar-refractivity contribution in [2.45, 2.75) is 37.6 Å². The van der Waals surface area contributed by atoms with Gasteiger partial charge in [0.15, 0.2) is 9.84 Å². The van der Waals surface area contributed by atoms with Gasteiger partial charge in [0.2, 0.25) is 0 Å². The van der Waals surface area contributed by atoms with Crippen LogP contribution in [0.3, 0.4) is 0 Å². The topological polar surface area (TPSA) is 63.2 Å². The first-order valence-corrected chi connectivity index (χ1v) is 10.2. The molecule has 2 rings (SSSR count). The molecule has 0 bridgehead atoms. The molecule has 1 heterocycles. The summed E-state index contributed by atoms with van der Waals surface area (Å²) in [5.41, 5.74) is 1.92. The van der Waals surface area contributed by atoms with E-state index in [0.717, 1.165) is 16.0 Å². The summed E-state index contributed by atoms with van der Waals surface area (Å²) in [5, 5.41) is 4.90. The van der Waals surface area contributed by atoms with Crippen LogP contribution >= 0.6 is 11.3 Å². The minimum absolute atomic E-state index is 0.0941. The number of carbonyl (C=O) groups is 1. The lowest BCUT2D eigenvalue weighted by atomic mass is 10.0. The Morgan fingerprint density at radius 2 is 1.70 bits per heavy atom. The third-order valence-corrected chi connectivity index (χ3v) is 5.74. The molecule has 124 valence electrons. The van der Waals surface area contributed by atoms with Crippen LogP contribution in [0.25, 0.3) is 0 Å². The van der Waals surface area contributed by atoms with Gasteiger partial charge in [-0.15, -0.1) is 11.3 Å². The van der Waals surface area contributed by atoms with E-state index in [1.54, 1.807) is 24.3 Å². The number of benzene rings is 1. The van der Waals surface area contributed by atoms with Crippen LogP contribution in [-0.4, -0.2) is 20.6 Å². The van der Waals surface area contributed by atoms with Crippen LogP contribution in [-0.2, 0) is 9.84 Å². The first-order chi connectivity index (χ1) is 10.7. The maximum atomic E-state index is 12.4. The second-order valence-corrected chi connectivity index (χ2v) is 8.83. The van der Waals surface area contributed by atoms with Gasteiger partial charge in [-0.1, -0.05) is 26.0 Å². The smallest absolute Gasteiger partial charge is 0.262 e. The average Bonchev–Trinajstić information content (AvgIpc) is 2.96. The van der Waals surface area contributed by atoms with Crippen molar-refractivity contribution in [3.8, 4) is 0 Å². The molecule has 1 N–H and O–H groups in total. The van der Waals surface area contributed by atoms with Crippen molar-refractivity contribution in [2.75, 3.05) is 6.26 Å². The van der Waals surface area contributed by atoms with E-state index in [9.17, 15) is 13.2 Å². The maximum Gasteiger partial charge on any atom is 0.262 e. The highest BCUT2D eigenvalue weighted by Gasteiger charge is 2.18. The second kappa shape index (κ2) is 6.84. The van der Waals surface area contributed by atoms with Gasteiger partial charge in [0.05, 0.1) is 15.8 Å². The third-order valence-electron chi connectivity index (χ3n) is 3.68. The molecule has 2 aromatic rings. The molecule has 0 saturated heterocycles. The van der Waals surface area contributed by atoms with E-state index in [1.165, 1.54) is 17.6 Å². The average molecular weight is 351 g/mol. The number of hydrogen-bond donors (Lipinski definition) is 1. The van der Waals surface area contributed by atoms with Crippen molar-refractivity contribution in [3.63, 3.8) is 0 Å². The van der Waals surface area contributed by atoms with Crippen LogP contribution in [0.2, 0.25) is 0 Å². The highest BCUT2D eigenvalue weighted by atomic mass is 32.2. The molecule has 0 aliphatic carbocycles. The van der Waals surface area contributed by atoms with E-state index in [4.69, 9.17) is 0 Å². The van der Waals surface area contributed by atoms with Crippen molar-refractivity contribution in [3.05, 3.63) is 51.7 Å². The number of amides is 1. The SMILES string of the molecule is CC(C)c1ccsc1C(=O)N[C@H](C)c1ccc(S(C)(=O)=O)cc1. The first kappa shape index (κ1) is 17.7. The monoisotopic (exact) mass is 351 g/mol. The Balaban J connectivity index is 2.14. The number of nitrogens with one attached hydrogen (secondary N) is 1. The standard InChI is InChI=1S/C17H21NO3S2/c1-11(2)15-9-10-22-16(15)17(19)18-12(3)13-5-7-14(8-6-13)23(4,20)21/h5-12H,1-4H3,(H,18,19)/t12-/m1/s1. The summed E-state index contributed by atoms with van der Waals surface area (Å²) in [7, 11) is -3.20. The summed E-state index contributed by atoms with van der Waals surface area (Å²) in [4.78, 5) is 13.5. The highest BCUT2D eigenvalue weighted by molar-refractivity contribution is 7.90. The summed E-state index contributed by atoms with van der Waals surface area (Å²) >= 11 is 1.44. The van der Waals surface area contributed by atoms with Crippen LogP contribution in [0, 0.1) is 0 Å². The summed E-state index contributed by atoms with van der Waals surface area (Å²) in [6.07, 6.45) is 1.18. The van der Waals surface area contributed by atoms with Gasteiger partial charge in [-0.2, -0.15) is 0 Å². The summed E-state index contributed by atoms with van der Waals surface area (Å²) in [5.74, 6) is 0.203. The minimum atomic E-state index is -3.20. The number of carbonyl (C=O) groups excluding carboxylic acids is 1. The molecule has 6 heteroatoms. The number of hydrogen-bond acceptors (Lipinski definition) is 4. The molecule has 0 aliphatic rings. The Labute approximate surface area is 141 Å². The quantitative estimate of drug-likeness (QED) is 0.892. The van der Waals surface area contributed by atoms with E-state index in [0.29, 0.717) is 5.92 Å². The molecule has 0 unspecified atom stereocenters. The van der Waals surface area contributed by atoms with Gasteiger partial charge in [0, 0.05) is 6.26 Å². The molecule has 4 nitrogen and oxygen atoms in total. The fourth-order valence-electron chi connectivity index (χ4n) is 2.31. The molecule has 0 aliphatic heterocycles. The summed E-state index contributed by atoms with van der Waals surface area (Å²) < 4.78 is 23.0. The molecule has 0 saturated carbocycles. The number of rotatable bonds is 5. The van der Waals surface area contributed by atoms with Crippen LogP contribution in [0.15, 0.2) is 40.6 Å². The second-order valence-electron chi connectivity index (χ2n) is 5.90. The largest absolute Gasteiger partial charge is 0.345 e. The fraction of sp³-hybridized carbons (Fsp3) is 0.353. The molecule has 23 heavy (non-hydrogen) atoms. The summed E-state index contributed by atoms with van der Waals surface area (Å²) in [6, 6.07) is 8.39. The van der Waals surface area contributed by atoms with Crippen molar-refractivity contribution >= 4 is 27.1 Å². The van der Waals surface area contributed by atoms with Crippen LogP contribution in [0.4, 0.5) is 0 Å². The zero-order chi connectivity index (χ0) is 17.2. The lowest BCUT2D eigenvalue weighted by Gasteiger charge is -2.15. The highest BCUT2D eigenvalue weighted by Crippen LogP contribution is 2.25. The van der Waals surface area contributed by atoms with Gasteiger partial charge in [0.25, 0.3) is 5.91 Å². The van der Waals surface area contributed by atoms with Crippen LogP contribution < -0.4 is 5.32 Å². The van der Waals surface area contributed by atoms with Gasteiger partial charge in [0.1, 0.15) is 0 Å². The number of thiophene rings is 1. The van der Waals surface area contributed by atoms with Crippen molar-refractivity contribution in [1.82, 2.24) is 5.32 Å². The van der Waals surface area contributed by atoms with E-state index < -0.39 is 9.84 Å². The molecule has 1 aromatic carbocycles. The molecule has 1 atom stereocenters. The van der Waals surface area contributed by atoms with Crippen molar-refractivity contribution in [2.24, 2.45) is 0 Å². The van der Waals surface area contributed by atoms with Gasteiger partial charge >= 0.3 is 0 Å². The third kappa shape index (κ3) is 4.20. The minimum Gasteiger partial charge on any atom is -0.345 e. The predicted octanol–water partition coefficient (Wildman–Crippen LogP) is 3.77. The maximum absolute atomic E-state index is 12.4. The molecular formula is C17H21NO3S2. The molecule has 1 aromatic heterocycles. The van der Waals surface area contributed by atoms with Crippen LogP contribution in [0.5, 0.6) is 0 Å². The van der Waals surface area contributed by atoms with Gasteiger partial charge in [-0.25, -0.2) is 8.42 Å². The van der Waals surface area contributed by atoms with E-state index in [-0.39, 0.29) is 16.8 Å². The van der Waals surface area contributed by atoms with Gasteiger partial charge in [-0.05, 0) is 47.5 Å². The van der Waals surface area contributed by atoms with Gasteiger partial charge in [-0.3, -0.25) is 4.79 Å².